The Bertz CT molecular complexity index is 886. The summed E-state index contributed by atoms with van der Waals surface area (Å²) in [4.78, 5) is 4.83. The molecule has 1 fully saturated rings. The molecule has 2 aromatic carbocycles. The lowest BCUT2D eigenvalue weighted by atomic mass is 10.0. The van der Waals surface area contributed by atoms with E-state index in [0.717, 1.165) is 60.6 Å². The summed E-state index contributed by atoms with van der Waals surface area (Å²) in [5.41, 5.74) is 1.68. The molecule has 0 bridgehead atoms. The molecule has 1 aromatic heterocycles. The van der Waals surface area contributed by atoms with E-state index in [4.69, 9.17) is 0 Å². The average Bonchev–Trinajstić information content (AvgIpc) is 2.69. The molecule has 1 aliphatic rings. The molecule has 26 heavy (non-hydrogen) atoms. The van der Waals surface area contributed by atoms with Crippen molar-refractivity contribution in [2.45, 2.75) is 13.3 Å². The molecular formula is C21H23FN4. The maximum atomic E-state index is 13.3. The molecule has 0 aliphatic carbocycles. The van der Waals surface area contributed by atoms with E-state index in [2.05, 4.69) is 39.1 Å². The summed E-state index contributed by atoms with van der Waals surface area (Å²) in [5, 5.41) is 11.2. The van der Waals surface area contributed by atoms with Crippen LogP contribution < -0.4 is 4.90 Å². The van der Waals surface area contributed by atoms with Crippen LogP contribution in [-0.2, 0) is 0 Å². The minimum atomic E-state index is -0.243. The van der Waals surface area contributed by atoms with Crippen LogP contribution in [0.2, 0.25) is 0 Å². The van der Waals surface area contributed by atoms with Crippen molar-refractivity contribution in [1.82, 2.24) is 15.1 Å². The second-order valence-electron chi connectivity index (χ2n) is 6.75. The van der Waals surface area contributed by atoms with Gasteiger partial charge in [-0.25, -0.2) is 4.39 Å². The fraction of sp³-hybridized carbons (Fsp3) is 0.333. The van der Waals surface area contributed by atoms with Crippen molar-refractivity contribution < 1.29 is 4.39 Å². The van der Waals surface area contributed by atoms with Gasteiger partial charge in [0, 0.05) is 42.5 Å². The molecule has 134 valence electrons. The molecule has 0 N–H and O–H groups in total. The molecule has 3 aromatic rings. The predicted octanol–water partition coefficient (Wildman–Crippen LogP) is 3.97. The Balaban J connectivity index is 1.70. The number of piperazine rings is 1. The summed E-state index contributed by atoms with van der Waals surface area (Å²) >= 11 is 0. The number of hydrogen-bond acceptors (Lipinski definition) is 4. The quantitative estimate of drug-likeness (QED) is 0.713. The molecule has 4 rings (SSSR count). The predicted molar refractivity (Wildman–Crippen MR) is 104 cm³/mol. The summed E-state index contributed by atoms with van der Waals surface area (Å²) in [6, 6.07) is 14.7. The third-order valence-electron chi connectivity index (χ3n) is 5.00. The van der Waals surface area contributed by atoms with Crippen LogP contribution >= 0.6 is 0 Å². The van der Waals surface area contributed by atoms with Crippen LogP contribution in [0.25, 0.3) is 22.0 Å². The van der Waals surface area contributed by atoms with Crippen molar-refractivity contribution in [3.8, 4) is 11.3 Å². The molecule has 1 aliphatic heterocycles. The van der Waals surface area contributed by atoms with Gasteiger partial charge in [-0.15, -0.1) is 10.2 Å². The van der Waals surface area contributed by atoms with Crippen molar-refractivity contribution in [1.29, 1.82) is 0 Å². The summed E-state index contributed by atoms with van der Waals surface area (Å²) < 4.78 is 13.3. The zero-order chi connectivity index (χ0) is 17.9. The Morgan fingerprint density at radius 1 is 0.885 bits per heavy atom. The maximum Gasteiger partial charge on any atom is 0.159 e. The molecule has 5 heteroatoms. The van der Waals surface area contributed by atoms with E-state index in [-0.39, 0.29) is 5.82 Å². The third-order valence-corrected chi connectivity index (χ3v) is 5.00. The highest BCUT2D eigenvalue weighted by atomic mass is 19.1. The van der Waals surface area contributed by atoms with E-state index < -0.39 is 0 Å². The van der Waals surface area contributed by atoms with Crippen LogP contribution in [0.4, 0.5) is 10.2 Å². The Kier molecular flexibility index (Phi) is 4.80. The first-order valence-corrected chi connectivity index (χ1v) is 9.25. The second-order valence-corrected chi connectivity index (χ2v) is 6.75. The first-order valence-electron chi connectivity index (χ1n) is 9.25. The van der Waals surface area contributed by atoms with Crippen molar-refractivity contribution >= 4 is 16.6 Å². The summed E-state index contributed by atoms with van der Waals surface area (Å²) in [6.45, 7) is 7.43. The maximum absolute atomic E-state index is 13.3. The number of anilines is 1. The summed E-state index contributed by atoms with van der Waals surface area (Å²) in [7, 11) is 0. The lowest BCUT2D eigenvalue weighted by Crippen LogP contribution is -2.47. The average molecular weight is 350 g/mol. The minimum Gasteiger partial charge on any atom is -0.352 e. The fourth-order valence-electron chi connectivity index (χ4n) is 3.64. The standard InChI is InChI=1S/C21H23FN4/c1-2-11-25-12-14-26(15-13-25)21-19-6-4-3-5-18(19)20(23-24-21)16-7-9-17(22)10-8-16/h3-10H,2,11-15H2,1H3. The highest BCUT2D eigenvalue weighted by Gasteiger charge is 2.20. The molecule has 4 nitrogen and oxygen atoms in total. The fourth-order valence-corrected chi connectivity index (χ4v) is 3.64. The van der Waals surface area contributed by atoms with Crippen LogP contribution in [0.5, 0.6) is 0 Å². The number of fused-ring (bicyclic) bond motifs is 1. The van der Waals surface area contributed by atoms with E-state index >= 15 is 0 Å². The van der Waals surface area contributed by atoms with Gasteiger partial charge in [-0.1, -0.05) is 31.2 Å². The van der Waals surface area contributed by atoms with Gasteiger partial charge in [0.25, 0.3) is 0 Å². The van der Waals surface area contributed by atoms with Gasteiger partial charge in [0.05, 0.1) is 0 Å². The number of rotatable bonds is 4. The zero-order valence-electron chi connectivity index (χ0n) is 15.0. The van der Waals surface area contributed by atoms with Gasteiger partial charge in [-0.05, 0) is 37.2 Å². The van der Waals surface area contributed by atoms with Gasteiger partial charge in [0.2, 0.25) is 0 Å². The number of halogens is 1. The van der Waals surface area contributed by atoms with Crippen molar-refractivity contribution in [3.63, 3.8) is 0 Å². The molecule has 0 atom stereocenters. The van der Waals surface area contributed by atoms with Gasteiger partial charge in [-0.2, -0.15) is 0 Å². The highest BCUT2D eigenvalue weighted by Crippen LogP contribution is 2.31. The van der Waals surface area contributed by atoms with Crippen LogP contribution in [-0.4, -0.2) is 47.8 Å². The minimum absolute atomic E-state index is 0.243. The van der Waals surface area contributed by atoms with Gasteiger partial charge >= 0.3 is 0 Å². The van der Waals surface area contributed by atoms with E-state index in [1.54, 1.807) is 12.1 Å². The van der Waals surface area contributed by atoms with E-state index in [0.29, 0.717) is 0 Å². The van der Waals surface area contributed by atoms with Gasteiger partial charge < -0.3 is 4.90 Å². The zero-order valence-corrected chi connectivity index (χ0v) is 15.0. The molecular weight excluding hydrogens is 327 g/mol. The highest BCUT2D eigenvalue weighted by molar-refractivity contribution is 6.00. The van der Waals surface area contributed by atoms with Crippen molar-refractivity contribution in [2.75, 3.05) is 37.6 Å². The SMILES string of the molecule is CCCN1CCN(c2nnc(-c3ccc(F)cc3)c3ccccc23)CC1. The van der Waals surface area contributed by atoms with Crippen LogP contribution in [0.1, 0.15) is 13.3 Å². The largest absolute Gasteiger partial charge is 0.352 e. The van der Waals surface area contributed by atoms with Crippen molar-refractivity contribution in [3.05, 3.63) is 54.3 Å². The molecule has 0 spiro atoms. The lowest BCUT2D eigenvalue weighted by molar-refractivity contribution is 0.258. The van der Waals surface area contributed by atoms with Crippen LogP contribution in [0.3, 0.4) is 0 Å². The van der Waals surface area contributed by atoms with Crippen molar-refractivity contribution in [2.24, 2.45) is 0 Å². The Morgan fingerprint density at radius 3 is 2.27 bits per heavy atom. The second kappa shape index (κ2) is 7.38. The Labute approximate surface area is 153 Å². The smallest absolute Gasteiger partial charge is 0.159 e. The number of hydrogen-bond donors (Lipinski definition) is 0. The Morgan fingerprint density at radius 2 is 1.58 bits per heavy atom. The third kappa shape index (κ3) is 3.27. The molecule has 0 amide bonds. The van der Waals surface area contributed by atoms with E-state index in [1.807, 2.05) is 12.1 Å². The summed E-state index contributed by atoms with van der Waals surface area (Å²) in [5.74, 6) is 0.704. The van der Waals surface area contributed by atoms with E-state index in [1.165, 1.54) is 18.6 Å². The molecule has 1 saturated heterocycles. The molecule has 0 radical (unpaired) electrons. The van der Waals surface area contributed by atoms with Crippen LogP contribution in [0, 0.1) is 5.82 Å². The number of benzene rings is 2. The summed E-state index contributed by atoms with van der Waals surface area (Å²) in [6.07, 6.45) is 1.19. The molecule has 0 unspecified atom stereocenters. The molecule has 0 saturated carbocycles. The van der Waals surface area contributed by atoms with Gasteiger partial charge in [0.15, 0.2) is 5.82 Å². The number of aromatic nitrogens is 2. The molecule has 2 heterocycles. The lowest BCUT2D eigenvalue weighted by Gasteiger charge is -2.35. The van der Waals surface area contributed by atoms with Crippen LogP contribution in [0.15, 0.2) is 48.5 Å². The van der Waals surface area contributed by atoms with E-state index in [9.17, 15) is 4.39 Å². The Hall–Kier alpha value is -2.53. The topological polar surface area (TPSA) is 32.3 Å². The normalized spacial score (nSPS) is 15.5. The monoisotopic (exact) mass is 350 g/mol. The first kappa shape index (κ1) is 16.9. The first-order chi connectivity index (χ1) is 12.8. The number of nitrogens with zero attached hydrogens (tertiary/aromatic N) is 4. The van der Waals surface area contributed by atoms with Gasteiger partial charge in [0.1, 0.15) is 11.5 Å². The van der Waals surface area contributed by atoms with Gasteiger partial charge in [-0.3, -0.25) is 4.90 Å².